The van der Waals surface area contributed by atoms with Gasteiger partial charge in [-0.05, 0) is 107 Å². The number of nitrogens with zero attached hydrogens (tertiary/aromatic N) is 4. The zero-order valence-electron chi connectivity index (χ0n) is 24.4. The van der Waals surface area contributed by atoms with Crippen LogP contribution >= 0.6 is 56.3 Å². The average Bonchev–Trinajstić information content (AvgIpc) is 3.73. The third-order valence-corrected chi connectivity index (χ3v) is 6.97. The minimum absolute atomic E-state index is 0.110. The molecule has 250 valence electrons. The highest BCUT2D eigenvalue weighted by Crippen LogP contribution is 2.19. The van der Waals surface area contributed by atoms with Gasteiger partial charge in [0.2, 0.25) is 17.6 Å². The van der Waals surface area contributed by atoms with Crippen LogP contribution in [0, 0.1) is 28.8 Å². The Bertz CT molecular complexity index is 1900. The number of Topliss-reactive ketones (excluding diaryl/α,β-unsaturated/α-hetero) is 2. The van der Waals surface area contributed by atoms with Crippen LogP contribution in [0.4, 0.5) is 18.0 Å². The second-order valence-corrected chi connectivity index (χ2v) is 11.2. The Balaban J connectivity index is 0.000000320. The maximum atomic E-state index is 12.6. The second-order valence-electron chi connectivity index (χ2n) is 8.19. The summed E-state index contributed by atoms with van der Waals surface area (Å²) in [6.07, 6.45) is 0. The van der Waals surface area contributed by atoms with Gasteiger partial charge in [0, 0.05) is 41.5 Å². The molecule has 19 heteroatoms. The lowest BCUT2D eigenvalue weighted by Gasteiger charge is -1.93. The van der Waals surface area contributed by atoms with Gasteiger partial charge < -0.3 is 10.2 Å². The second kappa shape index (κ2) is 22.0. The molecule has 0 unspecified atom stereocenters. The number of halogens is 5. The molecule has 0 aliphatic rings. The highest BCUT2D eigenvalue weighted by molar-refractivity contribution is 8.34. The molecule has 2 heterocycles. The zero-order chi connectivity index (χ0) is 36.2. The van der Waals surface area contributed by atoms with Gasteiger partial charge in [-0.15, -0.1) is 4.37 Å². The van der Waals surface area contributed by atoms with Crippen molar-refractivity contribution in [2.45, 2.75) is 13.8 Å². The molecule has 48 heavy (non-hydrogen) atoms. The summed E-state index contributed by atoms with van der Waals surface area (Å²) in [5, 5.41) is 7.91. The Hall–Kier alpha value is -4.73. The monoisotopic (exact) mass is 757 g/mol. The number of carbonyl (C=O) groups is 4. The van der Waals surface area contributed by atoms with Crippen LogP contribution in [0.1, 0.15) is 34.0 Å². The number of hydrogen-bond donors (Lipinski definition) is 1. The van der Waals surface area contributed by atoms with Crippen molar-refractivity contribution < 1.29 is 36.8 Å². The molecule has 2 N–H and O–H groups in total. The fourth-order valence-corrected chi connectivity index (χ4v) is 3.59. The lowest BCUT2D eigenvalue weighted by molar-refractivity contribution is -0.112. The molecule has 0 radical (unpaired) electrons. The van der Waals surface area contributed by atoms with Crippen molar-refractivity contribution in [1.82, 2.24) is 13.7 Å². The molecular formula is C29H20Cl2F3N5O6S3. The zero-order valence-corrected chi connectivity index (χ0v) is 28.3. The molecule has 5 rings (SSSR count). The van der Waals surface area contributed by atoms with E-state index in [0.717, 1.165) is 23.1 Å². The number of benzene rings is 3. The minimum atomic E-state index is -0.591. The predicted molar refractivity (Wildman–Crippen MR) is 177 cm³/mol. The first-order valence-electron chi connectivity index (χ1n) is 12.4. The van der Waals surface area contributed by atoms with Crippen LogP contribution in [-0.2, 0) is 4.79 Å². The maximum absolute atomic E-state index is 12.6. The van der Waals surface area contributed by atoms with E-state index >= 15 is 0 Å². The van der Waals surface area contributed by atoms with Crippen LogP contribution in [0.3, 0.4) is 0 Å². The SMILES string of the molecule is CC(=O)C#N.CC(=O)c1nc(-c2ccc(F)cc2)ns1.NC(=O)c1ccc(F)cc1.O=C(Cl)SCl.O=c1oc(-c2ccc(F)cc2)ns1. The summed E-state index contributed by atoms with van der Waals surface area (Å²) in [6, 6.07) is 17.9. The summed E-state index contributed by atoms with van der Waals surface area (Å²) in [6.45, 7) is 2.66. The van der Waals surface area contributed by atoms with Gasteiger partial charge in [-0.25, -0.2) is 22.9 Å². The van der Waals surface area contributed by atoms with Crippen molar-refractivity contribution in [2.24, 2.45) is 5.73 Å². The van der Waals surface area contributed by atoms with E-state index in [4.69, 9.17) is 26.1 Å². The van der Waals surface area contributed by atoms with E-state index in [1.807, 2.05) is 0 Å². The van der Waals surface area contributed by atoms with Gasteiger partial charge in [0.1, 0.15) is 23.5 Å². The summed E-state index contributed by atoms with van der Waals surface area (Å²) in [7, 11) is 5.25. The maximum Gasteiger partial charge on any atom is 0.414 e. The third kappa shape index (κ3) is 16.7. The number of hydrogen-bond acceptors (Lipinski definition) is 13. The summed E-state index contributed by atoms with van der Waals surface area (Å²) in [5.41, 5.74) is 6.53. The average molecular weight is 759 g/mol. The number of primary amides is 1. The normalized spacial score (nSPS) is 9.29. The molecule has 3 aromatic carbocycles. The molecule has 1 amide bonds. The van der Waals surface area contributed by atoms with E-state index in [-0.39, 0.29) is 29.1 Å². The van der Waals surface area contributed by atoms with Crippen LogP contribution in [0.2, 0.25) is 0 Å². The number of aromatic nitrogens is 3. The topological polar surface area (TPSA) is 187 Å². The van der Waals surface area contributed by atoms with Crippen molar-refractivity contribution in [3.63, 3.8) is 0 Å². The lowest BCUT2D eigenvalue weighted by atomic mass is 10.2. The number of nitriles is 1. The molecule has 11 nitrogen and oxygen atoms in total. The van der Waals surface area contributed by atoms with Crippen molar-refractivity contribution in [2.75, 3.05) is 0 Å². The fraction of sp³-hybridized carbons (Fsp3) is 0.0690. The predicted octanol–water partition coefficient (Wildman–Crippen LogP) is 7.70. The smallest absolute Gasteiger partial charge is 0.394 e. The first-order chi connectivity index (χ1) is 22.7. The molecule has 0 aliphatic carbocycles. The molecule has 5 aromatic rings. The van der Waals surface area contributed by atoms with Crippen molar-refractivity contribution >= 4 is 78.4 Å². The first-order valence-corrected chi connectivity index (χ1v) is 16.0. The molecule has 0 saturated carbocycles. The van der Waals surface area contributed by atoms with Crippen LogP contribution < -0.4 is 10.7 Å². The summed E-state index contributed by atoms with van der Waals surface area (Å²) >= 11 is 6.44. The van der Waals surface area contributed by atoms with Crippen LogP contribution in [0.15, 0.2) is 82.0 Å². The molecule has 2 aromatic heterocycles. The molecule has 0 fully saturated rings. The fourth-order valence-electron chi connectivity index (χ4n) is 2.60. The molecule has 0 aliphatic heterocycles. The Morgan fingerprint density at radius 3 is 1.60 bits per heavy atom. The largest absolute Gasteiger partial charge is 0.414 e. The third-order valence-electron chi connectivity index (χ3n) is 4.65. The molecule has 0 bridgehead atoms. The van der Waals surface area contributed by atoms with Crippen molar-refractivity contribution in [1.29, 1.82) is 5.26 Å². The lowest BCUT2D eigenvalue weighted by Crippen LogP contribution is -2.10. The van der Waals surface area contributed by atoms with Gasteiger partial charge in [0.05, 0.1) is 11.5 Å². The van der Waals surface area contributed by atoms with Crippen LogP contribution in [-0.4, -0.2) is 35.8 Å². The quantitative estimate of drug-likeness (QED) is 0.107. The molecule has 0 saturated heterocycles. The Morgan fingerprint density at radius 2 is 1.27 bits per heavy atom. The standard InChI is InChI=1S/C10H7FN2OS.C8H4FNO2S.C7H6FNO.C3H3NO.CCl2OS/c1-6(14)10-12-9(13-15-10)7-2-4-8(11)5-3-7;9-6-3-1-5(2-4-6)7-10-13-8(11)12-7;8-6-3-1-5(2-4-6)7(9)10;1-3(5)2-4;2-1(4)5-3/h2-5H,1H3;1-4H;1-4H,(H2,9,10);1H3;. The van der Waals surface area contributed by atoms with E-state index < -0.39 is 21.2 Å². The van der Waals surface area contributed by atoms with E-state index in [9.17, 15) is 37.1 Å². The van der Waals surface area contributed by atoms with E-state index in [1.165, 1.54) is 80.6 Å². The van der Waals surface area contributed by atoms with Gasteiger partial charge in [0.15, 0.2) is 16.6 Å². The highest BCUT2D eigenvalue weighted by Gasteiger charge is 2.09. The van der Waals surface area contributed by atoms with Gasteiger partial charge in [0.25, 0.3) is 4.57 Å². The minimum Gasteiger partial charge on any atom is -0.394 e. The van der Waals surface area contributed by atoms with E-state index in [2.05, 4.69) is 25.3 Å². The van der Waals surface area contributed by atoms with Crippen molar-refractivity contribution in [3.8, 4) is 28.9 Å². The van der Waals surface area contributed by atoms with Gasteiger partial charge in [-0.3, -0.25) is 19.2 Å². The summed E-state index contributed by atoms with van der Waals surface area (Å²) < 4.78 is 49.3. The summed E-state index contributed by atoms with van der Waals surface area (Å²) in [5.74, 6) is -1.40. The molecular weight excluding hydrogens is 738 g/mol. The Labute approximate surface area is 292 Å². The molecule has 0 atom stereocenters. The van der Waals surface area contributed by atoms with Crippen LogP contribution in [0.5, 0.6) is 0 Å². The van der Waals surface area contributed by atoms with E-state index in [1.54, 1.807) is 12.1 Å². The van der Waals surface area contributed by atoms with Gasteiger partial charge in [-0.2, -0.15) is 9.64 Å². The van der Waals surface area contributed by atoms with Crippen LogP contribution in [0.25, 0.3) is 22.8 Å². The number of amides is 1. The number of ketones is 2. The number of rotatable bonds is 4. The number of nitrogens with two attached hydrogens (primary N) is 1. The Morgan fingerprint density at radius 1 is 0.833 bits per heavy atom. The first kappa shape index (κ1) is 41.3. The van der Waals surface area contributed by atoms with E-state index in [0.29, 0.717) is 38.5 Å². The Kier molecular flexibility index (Phi) is 18.9. The van der Waals surface area contributed by atoms with Crippen molar-refractivity contribution in [3.05, 3.63) is 111 Å². The highest BCUT2D eigenvalue weighted by atomic mass is 35.7. The number of carbonyl (C=O) groups excluding carboxylic acids is 4. The van der Waals surface area contributed by atoms with Gasteiger partial charge in [-0.1, -0.05) is 0 Å². The molecule has 0 spiro atoms. The van der Waals surface area contributed by atoms with Gasteiger partial charge >= 0.3 is 4.94 Å². The summed E-state index contributed by atoms with van der Waals surface area (Å²) in [4.78, 5) is 54.5.